The molecule has 1 N–H and O–H groups in total. The summed E-state index contributed by atoms with van der Waals surface area (Å²) in [6.45, 7) is 5.41. The second kappa shape index (κ2) is 4.38. The van der Waals surface area contributed by atoms with Gasteiger partial charge in [0.1, 0.15) is 0 Å². The second-order valence-corrected chi connectivity index (χ2v) is 6.33. The van der Waals surface area contributed by atoms with Crippen LogP contribution in [0.3, 0.4) is 0 Å². The Morgan fingerprint density at radius 3 is 3.18 bits per heavy atom. The van der Waals surface area contributed by atoms with Crippen LogP contribution in [0.1, 0.15) is 27.5 Å². The number of nitrogens with one attached hydrogen (secondary N) is 1. The maximum Gasteiger partial charge on any atom is 0.280 e. The van der Waals surface area contributed by atoms with E-state index in [0.29, 0.717) is 11.0 Å². The molecule has 2 fully saturated rings. The van der Waals surface area contributed by atoms with Crippen molar-refractivity contribution in [3.05, 3.63) is 16.1 Å². The van der Waals surface area contributed by atoms with Crippen molar-refractivity contribution in [1.29, 1.82) is 0 Å². The summed E-state index contributed by atoms with van der Waals surface area (Å²) >= 11 is 1.46. The minimum atomic E-state index is -0.00407. The Hall–Kier alpha value is -0.940. The Bertz CT molecular complexity index is 419. The molecule has 0 aliphatic carbocycles. The number of amides is 1. The third-order valence-electron chi connectivity index (χ3n) is 3.62. The van der Waals surface area contributed by atoms with Crippen molar-refractivity contribution in [3.8, 4) is 0 Å². The van der Waals surface area contributed by atoms with Gasteiger partial charge in [0.2, 0.25) is 0 Å². The first-order valence-corrected chi connectivity index (χ1v) is 6.98. The van der Waals surface area contributed by atoms with Crippen molar-refractivity contribution in [2.24, 2.45) is 5.92 Å². The average molecular weight is 251 g/mol. The lowest BCUT2D eigenvalue weighted by Crippen LogP contribution is -2.46. The Morgan fingerprint density at radius 1 is 1.59 bits per heavy atom. The van der Waals surface area contributed by atoms with Crippen molar-refractivity contribution < 1.29 is 4.79 Å². The molecule has 17 heavy (non-hydrogen) atoms. The topological polar surface area (TPSA) is 45.2 Å². The van der Waals surface area contributed by atoms with Gasteiger partial charge in [-0.3, -0.25) is 4.79 Å². The van der Waals surface area contributed by atoms with E-state index in [1.807, 2.05) is 6.92 Å². The Balaban J connectivity index is 1.62. The zero-order valence-electron chi connectivity index (χ0n) is 9.98. The molecule has 0 spiro atoms. The quantitative estimate of drug-likeness (QED) is 0.861. The molecule has 92 valence electrons. The number of piperidine rings is 1. The van der Waals surface area contributed by atoms with Gasteiger partial charge in [0.25, 0.3) is 5.91 Å². The number of fused-ring (bicyclic) bond motifs is 2. The van der Waals surface area contributed by atoms with Crippen LogP contribution in [0.25, 0.3) is 0 Å². The first-order chi connectivity index (χ1) is 8.20. The molecule has 0 radical (unpaired) electrons. The number of thiazole rings is 1. The van der Waals surface area contributed by atoms with Crippen LogP contribution in [0.2, 0.25) is 0 Å². The molecule has 1 aromatic rings. The largest absolute Gasteiger partial charge is 0.346 e. The van der Waals surface area contributed by atoms with E-state index in [1.54, 1.807) is 6.20 Å². The van der Waals surface area contributed by atoms with Crippen molar-refractivity contribution in [1.82, 2.24) is 15.2 Å². The maximum absolute atomic E-state index is 12.0. The van der Waals surface area contributed by atoms with Crippen LogP contribution in [-0.4, -0.2) is 41.5 Å². The number of aryl methyl sites for hydroxylation is 1. The first-order valence-electron chi connectivity index (χ1n) is 6.16. The predicted octanol–water partition coefficient (Wildman–Crippen LogP) is 1.28. The van der Waals surface area contributed by atoms with Crippen LogP contribution in [-0.2, 0) is 0 Å². The Labute approximate surface area is 105 Å². The van der Waals surface area contributed by atoms with E-state index in [4.69, 9.17) is 0 Å². The number of aromatic nitrogens is 1. The highest BCUT2D eigenvalue weighted by Crippen LogP contribution is 2.26. The highest BCUT2D eigenvalue weighted by atomic mass is 32.1. The van der Waals surface area contributed by atoms with Crippen LogP contribution in [0.5, 0.6) is 0 Å². The standard InChI is InChI=1S/C12H17N3OS/c1-8-5-13-12(17-8)11(16)14-10-4-9-2-3-15(6-9)7-10/h5,9-10H,2-4,6-7H2,1H3,(H,14,16). The summed E-state index contributed by atoms with van der Waals surface area (Å²) < 4.78 is 0. The van der Waals surface area contributed by atoms with Gasteiger partial charge in [-0.05, 0) is 32.2 Å². The summed E-state index contributed by atoms with van der Waals surface area (Å²) in [6, 6.07) is 0.313. The monoisotopic (exact) mass is 251 g/mol. The van der Waals surface area contributed by atoms with Crippen LogP contribution in [0, 0.1) is 12.8 Å². The summed E-state index contributed by atoms with van der Waals surface area (Å²) in [5.41, 5.74) is 0. The molecule has 3 heterocycles. The molecule has 0 saturated carbocycles. The molecule has 3 atom stereocenters. The molecule has 3 rings (SSSR count). The second-order valence-electron chi connectivity index (χ2n) is 5.10. The van der Waals surface area contributed by atoms with E-state index in [2.05, 4.69) is 15.2 Å². The van der Waals surface area contributed by atoms with Crippen LogP contribution < -0.4 is 5.32 Å². The van der Waals surface area contributed by atoms with Gasteiger partial charge in [-0.15, -0.1) is 11.3 Å². The highest BCUT2D eigenvalue weighted by Gasteiger charge is 2.33. The van der Waals surface area contributed by atoms with E-state index in [0.717, 1.165) is 23.8 Å². The molecule has 2 saturated heterocycles. The van der Waals surface area contributed by atoms with Gasteiger partial charge in [0, 0.05) is 30.2 Å². The maximum atomic E-state index is 12.0. The predicted molar refractivity (Wildman–Crippen MR) is 67.3 cm³/mol. The number of hydrogen-bond acceptors (Lipinski definition) is 4. The molecule has 5 heteroatoms. The number of rotatable bonds is 2. The fourth-order valence-electron chi connectivity index (χ4n) is 2.87. The highest BCUT2D eigenvalue weighted by molar-refractivity contribution is 7.13. The Kier molecular flexibility index (Phi) is 2.88. The molecule has 4 nitrogen and oxygen atoms in total. The number of hydrogen-bond donors (Lipinski definition) is 1. The van der Waals surface area contributed by atoms with E-state index in [-0.39, 0.29) is 5.91 Å². The lowest BCUT2D eigenvalue weighted by atomic mass is 9.97. The molecular formula is C12H17N3OS. The lowest BCUT2D eigenvalue weighted by molar-refractivity contribution is 0.0909. The summed E-state index contributed by atoms with van der Waals surface area (Å²) in [4.78, 5) is 19.6. The third kappa shape index (κ3) is 2.35. The third-order valence-corrected chi connectivity index (χ3v) is 4.53. The minimum Gasteiger partial charge on any atom is -0.346 e. The van der Waals surface area contributed by atoms with Crippen LogP contribution in [0.15, 0.2) is 6.20 Å². The summed E-state index contributed by atoms with van der Waals surface area (Å²) in [6.07, 6.45) is 4.18. The number of carbonyl (C=O) groups excluding carboxylic acids is 1. The summed E-state index contributed by atoms with van der Waals surface area (Å²) in [7, 11) is 0. The Morgan fingerprint density at radius 2 is 2.47 bits per heavy atom. The fourth-order valence-corrected chi connectivity index (χ4v) is 3.54. The summed E-state index contributed by atoms with van der Waals surface area (Å²) in [5, 5.41) is 3.71. The van der Waals surface area contributed by atoms with Gasteiger partial charge in [0.15, 0.2) is 5.01 Å². The average Bonchev–Trinajstić information content (AvgIpc) is 2.85. The molecule has 2 bridgehead atoms. The van der Waals surface area contributed by atoms with Crippen molar-refractivity contribution >= 4 is 17.2 Å². The number of nitrogens with zero attached hydrogens (tertiary/aromatic N) is 2. The van der Waals surface area contributed by atoms with Crippen molar-refractivity contribution in [2.45, 2.75) is 25.8 Å². The zero-order chi connectivity index (χ0) is 11.8. The molecule has 2 aliphatic heterocycles. The fraction of sp³-hybridized carbons (Fsp3) is 0.667. The van der Waals surface area contributed by atoms with Gasteiger partial charge in [-0.2, -0.15) is 0 Å². The smallest absolute Gasteiger partial charge is 0.280 e. The molecule has 3 unspecified atom stereocenters. The van der Waals surface area contributed by atoms with Crippen LogP contribution >= 0.6 is 11.3 Å². The molecular weight excluding hydrogens is 234 g/mol. The molecule has 1 amide bonds. The molecule has 0 aromatic carbocycles. The van der Waals surface area contributed by atoms with Crippen LogP contribution in [0.4, 0.5) is 0 Å². The first kappa shape index (κ1) is 11.2. The van der Waals surface area contributed by atoms with E-state index >= 15 is 0 Å². The SMILES string of the molecule is Cc1cnc(C(=O)NC2CC3CCN(C3)C2)s1. The van der Waals surface area contributed by atoms with Gasteiger partial charge >= 0.3 is 0 Å². The normalized spacial score (nSPS) is 31.5. The molecule has 1 aromatic heterocycles. The van der Waals surface area contributed by atoms with Gasteiger partial charge in [-0.25, -0.2) is 4.98 Å². The van der Waals surface area contributed by atoms with E-state index in [9.17, 15) is 4.79 Å². The minimum absolute atomic E-state index is 0.00407. The zero-order valence-corrected chi connectivity index (χ0v) is 10.8. The molecule has 2 aliphatic rings. The van der Waals surface area contributed by atoms with Crippen molar-refractivity contribution in [2.75, 3.05) is 19.6 Å². The summed E-state index contributed by atoms with van der Waals surface area (Å²) in [5.74, 6) is 0.780. The van der Waals surface area contributed by atoms with E-state index < -0.39 is 0 Å². The van der Waals surface area contributed by atoms with Crippen molar-refractivity contribution in [3.63, 3.8) is 0 Å². The van der Waals surface area contributed by atoms with E-state index in [1.165, 1.54) is 30.8 Å². The lowest BCUT2D eigenvalue weighted by Gasteiger charge is -2.30. The van der Waals surface area contributed by atoms with Gasteiger partial charge in [-0.1, -0.05) is 0 Å². The van der Waals surface area contributed by atoms with Gasteiger partial charge in [0.05, 0.1) is 0 Å². The van der Waals surface area contributed by atoms with Gasteiger partial charge < -0.3 is 10.2 Å². The number of carbonyl (C=O) groups is 1.